The van der Waals surface area contributed by atoms with E-state index in [0.717, 1.165) is 24.4 Å². The third kappa shape index (κ3) is 3.48. The molecule has 1 rings (SSSR count). The van der Waals surface area contributed by atoms with Crippen LogP contribution in [-0.4, -0.2) is 16.9 Å². The van der Waals surface area contributed by atoms with Crippen molar-refractivity contribution in [3.8, 4) is 0 Å². The van der Waals surface area contributed by atoms with E-state index in [1.807, 2.05) is 0 Å². The molecule has 5 heteroatoms. The van der Waals surface area contributed by atoms with Crippen molar-refractivity contribution in [1.82, 2.24) is 4.37 Å². The van der Waals surface area contributed by atoms with E-state index in [-0.39, 0.29) is 5.97 Å². The summed E-state index contributed by atoms with van der Waals surface area (Å²) in [6, 6.07) is 0. The molecule has 0 unspecified atom stereocenters. The van der Waals surface area contributed by atoms with Crippen molar-refractivity contribution >= 4 is 22.5 Å². The highest BCUT2D eigenvalue weighted by molar-refractivity contribution is 7.10. The molecule has 0 aromatic carbocycles. The Balaban J connectivity index is 2.41. The highest BCUT2D eigenvalue weighted by atomic mass is 32.1. The smallest absolute Gasteiger partial charge is 0.343 e. The van der Waals surface area contributed by atoms with E-state index in [0.29, 0.717) is 28.8 Å². The van der Waals surface area contributed by atoms with E-state index < -0.39 is 0 Å². The van der Waals surface area contributed by atoms with E-state index in [1.54, 1.807) is 6.92 Å². The van der Waals surface area contributed by atoms with Crippen LogP contribution in [0.5, 0.6) is 0 Å². The number of carbonyl (C=O) groups excluding carboxylic acids is 1. The summed E-state index contributed by atoms with van der Waals surface area (Å²) in [5, 5.41) is 0.436. The first-order valence-corrected chi connectivity index (χ1v) is 6.18. The number of ether oxygens (including phenoxy) is 1. The first-order valence-electron chi connectivity index (χ1n) is 5.41. The Kier molecular flexibility index (Phi) is 4.73. The van der Waals surface area contributed by atoms with Crippen LogP contribution in [0.2, 0.25) is 0 Å². The van der Waals surface area contributed by atoms with Crippen LogP contribution >= 0.6 is 11.5 Å². The average molecular weight is 242 g/mol. The van der Waals surface area contributed by atoms with Crippen molar-refractivity contribution in [2.45, 2.75) is 33.6 Å². The summed E-state index contributed by atoms with van der Waals surface area (Å²) in [4.78, 5) is 11.7. The molecule has 0 bridgehead atoms. The monoisotopic (exact) mass is 242 g/mol. The molecule has 0 saturated heterocycles. The van der Waals surface area contributed by atoms with E-state index >= 15 is 0 Å². The number of carbonyl (C=O) groups is 1. The molecule has 1 aromatic heterocycles. The van der Waals surface area contributed by atoms with Crippen LogP contribution in [0.25, 0.3) is 0 Å². The minimum atomic E-state index is -0.354. The molecular formula is C11H18N2O2S. The Bertz CT molecular complexity index is 341. The zero-order valence-corrected chi connectivity index (χ0v) is 10.8. The second-order valence-electron chi connectivity index (χ2n) is 4.18. The molecule has 0 atom stereocenters. The van der Waals surface area contributed by atoms with E-state index in [9.17, 15) is 4.79 Å². The third-order valence-electron chi connectivity index (χ3n) is 2.25. The van der Waals surface area contributed by atoms with Crippen molar-refractivity contribution < 1.29 is 9.53 Å². The molecule has 0 aliphatic carbocycles. The van der Waals surface area contributed by atoms with Gasteiger partial charge in [-0.2, -0.15) is 4.37 Å². The summed E-state index contributed by atoms with van der Waals surface area (Å²) in [6.07, 6.45) is 1.95. The highest BCUT2D eigenvalue weighted by Crippen LogP contribution is 2.21. The van der Waals surface area contributed by atoms with Gasteiger partial charge in [-0.3, -0.25) is 0 Å². The predicted octanol–water partition coefficient (Wildman–Crippen LogP) is 2.63. The topological polar surface area (TPSA) is 65.2 Å². The lowest BCUT2D eigenvalue weighted by Crippen LogP contribution is -2.09. The molecular weight excluding hydrogens is 224 g/mol. The first-order chi connectivity index (χ1) is 7.52. The Labute approximate surface area is 100.0 Å². The maximum Gasteiger partial charge on any atom is 0.343 e. The second kappa shape index (κ2) is 5.84. The Morgan fingerprint density at radius 3 is 2.75 bits per heavy atom. The normalized spacial score (nSPS) is 10.8. The lowest BCUT2D eigenvalue weighted by atomic mass is 10.1. The fraction of sp³-hybridized carbons (Fsp3) is 0.636. The van der Waals surface area contributed by atoms with Crippen molar-refractivity contribution in [2.24, 2.45) is 5.92 Å². The van der Waals surface area contributed by atoms with Gasteiger partial charge >= 0.3 is 5.97 Å². The van der Waals surface area contributed by atoms with Gasteiger partial charge in [-0.05, 0) is 37.2 Å². The summed E-state index contributed by atoms with van der Waals surface area (Å²) in [6.45, 7) is 6.50. The van der Waals surface area contributed by atoms with Gasteiger partial charge in [0.15, 0.2) is 0 Å². The highest BCUT2D eigenvalue weighted by Gasteiger charge is 2.17. The summed E-state index contributed by atoms with van der Waals surface area (Å²) < 4.78 is 9.16. The average Bonchev–Trinajstić information content (AvgIpc) is 2.53. The maximum absolute atomic E-state index is 11.7. The van der Waals surface area contributed by atoms with Gasteiger partial charge < -0.3 is 10.5 Å². The van der Waals surface area contributed by atoms with Gasteiger partial charge in [0, 0.05) is 0 Å². The summed E-state index contributed by atoms with van der Waals surface area (Å²) in [5.74, 6) is 0.279. The Morgan fingerprint density at radius 1 is 1.56 bits per heavy atom. The van der Waals surface area contributed by atoms with Crippen molar-refractivity contribution in [3.63, 3.8) is 0 Å². The van der Waals surface area contributed by atoms with Gasteiger partial charge in [0.2, 0.25) is 0 Å². The van der Waals surface area contributed by atoms with Gasteiger partial charge in [0.1, 0.15) is 10.6 Å². The number of nitrogen functional groups attached to an aromatic ring is 1. The minimum absolute atomic E-state index is 0.354. The molecule has 0 fully saturated rings. The molecule has 0 spiro atoms. The third-order valence-corrected chi connectivity index (χ3v) is 3.02. The molecule has 0 saturated carbocycles. The number of aryl methyl sites for hydroxylation is 1. The van der Waals surface area contributed by atoms with Gasteiger partial charge in [-0.1, -0.05) is 13.8 Å². The van der Waals surface area contributed by atoms with Crippen LogP contribution < -0.4 is 5.73 Å². The van der Waals surface area contributed by atoms with Crippen LogP contribution in [0, 0.1) is 12.8 Å². The molecule has 2 N–H and O–H groups in total. The number of anilines is 1. The van der Waals surface area contributed by atoms with Crippen LogP contribution in [0.4, 0.5) is 5.00 Å². The molecule has 1 aromatic rings. The quantitative estimate of drug-likeness (QED) is 0.636. The zero-order valence-electron chi connectivity index (χ0n) is 9.95. The Morgan fingerprint density at radius 2 is 2.25 bits per heavy atom. The molecule has 90 valence electrons. The van der Waals surface area contributed by atoms with Crippen molar-refractivity contribution in [2.75, 3.05) is 12.3 Å². The SMILES string of the molecule is Cc1nsc(N)c1C(=O)OCCCC(C)C. The lowest BCUT2D eigenvalue weighted by Gasteiger charge is -2.06. The molecule has 0 aliphatic rings. The number of esters is 1. The van der Waals surface area contributed by atoms with E-state index in [2.05, 4.69) is 18.2 Å². The van der Waals surface area contributed by atoms with Gasteiger partial charge in [-0.15, -0.1) is 0 Å². The number of rotatable bonds is 5. The summed E-state index contributed by atoms with van der Waals surface area (Å²) >= 11 is 1.13. The van der Waals surface area contributed by atoms with Crippen LogP contribution in [0.1, 0.15) is 42.7 Å². The van der Waals surface area contributed by atoms with Gasteiger partial charge in [-0.25, -0.2) is 4.79 Å². The van der Waals surface area contributed by atoms with Crippen molar-refractivity contribution in [3.05, 3.63) is 11.3 Å². The number of nitrogens with two attached hydrogens (primary N) is 1. The lowest BCUT2D eigenvalue weighted by molar-refractivity contribution is 0.0495. The molecule has 0 aliphatic heterocycles. The number of hydrogen-bond acceptors (Lipinski definition) is 5. The van der Waals surface area contributed by atoms with Gasteiger partial charge in [0.05, 0.1) is 12.3 Å². The Hall–Kier alpha value is -1.10. The molecule has 4 nitrogen and oxygen atoms in total. The van der Waals surface area contributed by atoms with Crippen LogP contribution in [0.15, 0.2) is 0 Å². The van der Waals surface area contributed by atoms with Crippen LogP contribution in [-0.2, 0) is 4.74 Å². The standard InChI is InChI=1S/C11H18N2O2S/c1-7(2)5-4-6-15-11(14)9-8(3)13-16-10(9)12/h7H,4-6,12H2,1-3H3. The number of hydrogen-bond donors (Lipinski definition) is 1. The zero-order chi connectivity index (χ0) is 12.1. The molecule has 16 heavy (non-hydrogen) atoms. The van der Waals surface area contributed by atoms with Gasteiger partial charge in [0.25, 0.3) is 0 Å². The van der Waals surface area contributed by atoms with Crippen molar-refractivity contribution in [1.29, 1.82) is 0 Å². The predicted molar refractivity (Wildman–Crippen MR) is 65.6 cm³/mol. The molecule has 0 amide bonds. The fourth-order valence-corrected chi connectivity index (χ4v) is 2.01. The number of aromatic nitrogens is 1. The molecule has 0 radical (unpaired) electrons. The summed E-state index contributed by atoms with van der Waals surface area (Å²) in [5.41, 5.74) is 6.72. The molecule has 1 heterocycles. The largest absolute Gasteiger partial charge is 0.462 e. The van der Waals surface area contributed by atoms with E-state index in [1.165, 1.54) is 0 Å². The fourth-order valence-electron chi connectivity index (χ4n) is 1.36. The first kappa shape index (κ1) is 13.0. The van der Waals surface area contributed by atoms with Crippen LogP contribution in [0.3, 0.4) is 0 Å². The van der Waals surface area contributed by atoms with E-state index in [4.69, 9.17) is 10.5 Å². The maximum atomic E-state index is 11.7. The summed E-state index contributed by atoms with van der Waals surface area (Å²) in [7, 11) is 0. The minimum Gasteiger partial charge on any atom is -0.462 e. The second-order valence-corrected chi connectivity index (χ2v) is 4.98. The number of nitrogens with zero attached hydrogens (tertiary/aromatic N) is 1.